The van der Waals surface area contributed by atoms with Crippen LogP contribution in [0.3, 0.4) is 0 Å². The van der Waals surface area contributed by atoms with Crippen LogP contribution >= 0.6 is 27.5 Å². The number of nitrogens with one attached hydrogen (secondary N) is 3. The molecule has 0 saturated heterocycles. The van der Waals surface area contributed by atoms with Crippen LogP contribution in [0.5, 0.6) is 5.88 Å². The van der Waals surface area contributed by atoms with Crippen molar-refractivity contribution in [1.29, 1.82) is 0 Å². The Kier molecular flexibility index (Phi) is 11.6. The molecule has 0 aliphatic carbocycles. The zero-order valence-corrected chi connectivity index (χ0v) is 22.4. The molecule has 2 rings (SSSR count). The van der Waals surface area contributed by atoms with Gasteiger partial charge in [0.15, 0.2) is 0 Å². The Morgan fingerprint density at radius 3 is 2.43 bits per heavy atom. The summed E-state index contributed by atoms with van der Waals surface area (Å²) in [5.74, 6) is -3.36. The Hall–Kier alpha value is -2.88. The highest BCUT2D eigenvalue weighted by molar-refractivity contribution is 9.10. The van der Waals surface area contributed by atoms with Gasteiger partial charge in [-0.05, 0) is 50.4 Å². The fourth-order valence-electron chi connectivity index (χ4n) is 3.14. The van der Waals surface area contributed by atoms with Crippen LogP contribution in [0, 0.1) is 11.6 Å². The van der Waals surface area contributed by atoms with Gasteiger partial charge in [-0.3, -0.25) is 14.9 Å². The van der Waals surface area contributed by atoms with Gasteiger partial charge in [0.05, 0.1) is 24.2 Å². The number of aliphatic hydroxyl groups excluding tert-OH is 2. The normalized spacial score (nSPS) is 12.6. The van der Waals surface area contributed by atoms with Gasteiger partial charge in [0.1, 0.15) is 28.8 Å². The minimum Gasteiger partial charge on any atom is -0.471 e. The molecule has 0 radical (unpaired) electrons. The molecule has 2 atom stereocenters. The van der Waals surface area contributed by atoms with Crippen LogP contribution in [0.4, 0.5) is 18.6 Å². The number of amides is 4. The van der Waals surface area contributed by atoms with Crippen molar-refractivity contribution in [3.8, 4) is 5.88 Å². The van der Waals surface area contributed by atoms with Crippen LogP contribution in [-0.4, -0.2) is 57.2 Å². The molecule has 7 N–H and O–H groups in total. The van der Waals surface area contributed by atoms with E-state index in [1.54, 1.807) is 13.8 Å². The zero-order chi connectivity index (χ0) is 27.7. The van der Waals surface area contributed by atoms with Crippen LogP contribution in [0.1, 0.15) is 49.0 Å². The van der Waals surface area contributed by atoms with Crippen molar-refractivity contribution in [1.82, 2.24) is 15.0 Å². The second kappa shape index (κ2) is 14.2. The number of benzene rings is 1. The van der Waals surface area contributed by atoms with Gasteiger partial charge < -0.3 is 31.3 Å². The predicted molar refractivity (Wildman–Crippen MR) is 135 cm³/mol. The maximum absolute atomic E-state index is 14.0. The summed E-state index contributed by atoms with van der Waals surface area (Å²) >= 11 is 3.65. The number of ether oxygens (including phenoxy) is 1. The number of hydrogen-bond donors (Lipinski definition) is 6. The van der Waals surface area contributed by atoms with E-state index < -0.39 is 42.4 Å². The molecular weight excluding hydrogens is 580 g/mol. The van der Waals surface area contributed by atoms with Crippen molar-refractivity contribution in [3.05, 3.63) is 39.4 Å². The highest BCUT2D eigenvalue weighted by Gasteiger charge is 2.23. The van der Waals surface area contributed by atoms with Crippen LogP contribution < -0.4 is 26.4 Å². The molecule has 37 heavy (non-hydrogen) atoms. The van der Waals surface area contributed by atoms with E-state index in [0.717, 1.165) is 12.1 Å². The average Bonchev–Trinajstić information content (AvgIpc) is 3.14. The van der Waals surface area contributed by atoms with Crippen molar-refractivity contribution in [3.63, 3.8) is 0 Å². The molecule has 0 saturated carbocycles. The van der Waals surface area contributed by atoms with Gasteiger partial charge in [0.2, 0.25) is 11.8 Å². The van der Waals surface area contributed by atoms with Crippen molar-refractivity contribution >= 4 is 50.3 Å². The molecule has 4 amide bonds. The first-order valence-corrected chi connectivity index (χ1v) is 12.7. The van der Waals surface area contributed by atoms with Crippen molar-refractivity contribution in [2.45, 2.75) is 58.0 Å². The summed E-state index contributed by atoms with van der Waals surface area (Å²) in [5, 5.41) is 27.4. The van der Waals surface area contributed by atoms with Crippen LogP contribution in [-0.2, 0) is 11.4 Å². The molecule has 11 nitrogen and oxygen atoms in total. The van der Waals surface area contributed by atoms with E-state index >= 15 is 0 Å². The van der Waals surface area contributed by atoms with Gasteiger partial charge in [-0.15, -0.1) is 0 Å². The number of primary amides is 1. The summed E-state index contributed by atoms with van der Waals surface area (Å²) in [4.78, 5) is 35.8. The first kappa shape index (κ1) is 30.3. The molecule has 0 unspecified atom stereocenters. The number of carbonyl (C=O) groups excluding carboxylic acids is 3. The number of aromatic nitrogens is 1. The molecule has 1 aromatic heterocycles. The van der Waals surface area contributed by atoms with E-state index in [-0.39, 0.29) is 64.2 Å². The Morgan fingerprint density at radius 2 is 1.84 bits per heavy atom. The molecule has 2 aromatic rings. The van der Waals surface area contributed by atoms with Crippen molar-refractivity contribution in [2.75, 3.05) is 11.9 Å². The molecule has 0 fully saturated rings. The topological polar surface area (TPSA) is 176 Å². The number of rotatable bonds is 13. The number of anilines is 1. The number of nitrogens with two attached hydrogens (primary N) is 1. The first-order chi connectivity index (χ1) is 17.4. The van der Waals surface area contributed by atoms with E-state index in [9.17, 15) is 33.4 Å². The number of hydrogen-bond acceptors (Lipinski definition) is 8. The smallest absolute Gasteiger partial charge is 0.319 e. The lowest BCUT2D eigenvalue weighted by Crippen LogP contribution is -2.34. The number of carbonyl (C=O) groups is 3. The number of urea groups is 1. The monoisotopic (exact) mass is 607 g/mol. The molecule has 0 aliphatic heterocycles. The standard InChI is InChI=1S/C22H28BrF2N5O6S/c1-10(2)28-17(33)8-13(32)7-12(31)3-4-27-22(35)29-21-18(19(26)34)20(30-37-21)36-9-14-15(24)5-11(23)6-16(14)25/h5-6,10,12-13,31-32H,3-4,7-9H2,1-2H3,(H2,26,34)(H,28,33)(H2,27,29,35)/t12-,13-/m1/s1. The van der Waals surface area contributed by atoms with E-state index in [1.165, 1.54) is 0 Å². The highest BCUT2D eigenvalue weighted by Crippen LogP contribution is 2.31. The second-order valence-electron chi connectivity index (χ2n) is 8.33. The Labute approximate surface area is 224 Å². The van der Waals surface area contributed by atoms with Crippen LogP contribution in [0.15, 0.2) is 16.6 Å². The summed E-state index contributed by atoms with van der Waals surface area (Å²) in [5.41, 5.74) is 4.70. The Morgan fingerprint density at radius 1 is 1.19 bits per heavy atom. The first-order valence-electron chi connectivity index (χ1n) is 11.1. The quantitative estimate of drug-likeness (QED) is 0.202. The van der Waals surface area contributed by atoms with E-state index in [4.69, 9.17) is 10.5 Å². The Balaban J connectivity index is 1.87. The van der Waals surface area contributed by atoms with Gasteiger partial charge in [0, 0.05) is 17.1 Å². The van der Waals surface area contributed by atoms with Gasteiger partial charge in [-0.2, -0.15) is 4.37 Å². The number of nitrogens with zero attached hydrogens (tertiary/aromatic N) is 1. The Bertz CT molecular complexity index is 1100. The van der Waals surface area contributed by atoms with E-state index in [2.05, 4.69) is 36.3 Å². The molecule has 15 heteroatoms. The van der Waals surface area contributed by atoms with E-state index in [1.807, 2.05) is 0 Å². The van der Waals surface area contributed by atoms with Gasteiger partial charge in [-0.25, -0.2) is 13.6 Å². The molecule has 0 spiro atoms. The van der Waals surface area contributed by atoms with Crippen molar-refractivity contribution < 1.29 is 38.1 Å². The molecule has 0 aliphatic rings. The summed E-state index contributed by atoms with van der Waals surface area (Å²) in [6, 6.07) is 1.29. The summed E-state index contributed by atoms with van der Waals surface area (Å²) in [6.45, 7) is 3.00. The largest absolute Gasteiger partial charge is 0.471 e. The lowest BCUT2D eigenvalue weighted by atomic mass is 10.1. The third-order valence-electron chi connectivity index (χ3n) is 4.77. The third kappa shape index (κ3) is 9.83. The van der Waals surface area contributed by atoms with Crippen LogP contribution in [0.25, 0.3) is 0 Å². The van der Waals surface area contributed by atoms with Gasteiger partial charge >= 0.3 is 6.03 Å². The fraction of sp³-hybridized carbons (Fsp3) is 0.455. The summed E-state index contributed by atoms with van der Waals surface area (Å²) < 4.78 is 37.4. The molecule has 1 aromatic carbocycles. The maximum Gasteiger partial charge on any atom is 0.319 e. The molecule has 204 valence electrons. The third-order valence-corrected chi connectivity index (χ3v) is 5.97. The average molecular weight is 608 g/mol. The SMILES string of the molecule is CC(C)NC(=O)C[C@H](O)C[C@H](O)CCNC(=O)Nc1snc(OCc2c(F)cc(Br)cc2F)c1C(N)=O. The second-order valence-corrected chi connectivity index (χ2v) is 10.0. The summed E-state index contributed by atoms with van der Waals surface area (Å²) in [7, 11) is 0. The van der Waals surface area contributed by atoms with Gasteiger partial charge in [-0.1, -0.05) is 15.9 Å². The lowest BCUT2D eigenvalue weighted by Gasteiger charge is -2.16. The molecular formula is C22H28BrF2N5O6S. The predicted octanol–water partition coefficient (Wildman–Crippen LogP) is 2.40. The maximum atomic E-state index is 14.0. The minimum absolute atomic E-state index is 0.00803. The summed E-state index contributed by atoms with van der Waals surface area (Å²) in [6.07, 6.45) is -2.16. The highest BCUT2D eigenvalue weighted by atomic mass is 79.9. The van der Waals surface area contributed by atoms with Gasteiger partial charge in [0.25, 0.3) is 5.91 Å². The van der Waals surface area contributed by atoms with Crippen molar-refractivity contribution in [2.24, 2.45) is 5.73 Å². The van der Waals surface area contributed by atoms with E-state index in [0.29, 0.717) is 11.5 Å². The minimum atomic E-state index is -1.05. The molecule has 1 heterocycles. The lowest BCUT2D eigenvalue weighted by molar-refractivity contribution is -0.123. The zero-order valence-electron chi connectivity index (χ0n) is 20.0. The molecule has 0 bridgehead atoms. The number of aliphatic hydroxyl groups is 2. The fourth-order valence-corrected chi connectivity index (χ4v) is 4.27. The number of halogens is 3. The van der Waals surface area contributed by atoms with Crippen LogP contribution in [0.2, 0.25) is 0 Å².